The van der Waals surface area contributed by atoms with Gasteiger partial charge < -0.3 is 24.4 Å². The summed E-state index contributed by atoms with van der Waals surface area (Å²) >= 11 is 13.0. The van der Waals surface area contributed by atoms with Crippen molar-refractivity contribution in [3.05, 3.63) is 57.9 Å². The highest BCUT2D eigenvalue weighted by atomic mass is 35.5. The Bertz CT molecular complexity index is 1240. The number of hydrogen-bond donors (Lipinski definition) is 2. The lowest BCUT2D eigenvalue weighted by Crippen LogP contribution is -2.20. The zero-order valence-electron chi connectivity index (χ0n) is 18.9. The van der Waals surface area contributed by atoms with Crippen LogP contribution in [0.1, 0.15) is 18.4 Å². The number of amides is 2. The number of hydrazone groups is 1. The van der Waals surface area contributed by atoms with Crippen LogP contribution in [0.4, 0.5) is 0 Å². The van der Waals surface area contributed by atoms with Gasteiger partial charge in [-0.15, -0.1) is 10.2 Å². The lowest BCUT2D eigenvalue weighted by molar-refractivity contribution is -0.120. The monoisotopic (exact) mass is 553 g/mol. The van der Waals surface area contributed by atoms with Gasteiger partial charge >= 0.3 is 0 Å². The molecule has 3 rings (SSSR count). The average Bonchev–Trinajstić information content (AvgIpc) is 3.30. The highest BCUT2D eigenvalue weighted by Crippen LogP contribution is 2.29. The standard InChI is InChI=1S/C22H21Cl2N5O6S/c1-2-32-18-7-13(3-5-17(18)33-10-19(25)30)9-26-27-20(31)12-36-22-29-28-21(35-22)11-34-16-6-4-14(23)8-15(16)24/h3-9H,2,10-12H2,1H3,(H2,25,30)(H,27,31)/b26-9-. The molecular formula is C22H21Cl2N5O6S. The maximum Gasteiger partial charge on any atom is 0.277 e. The van der Waals surface area contributed by atoms with E-state index in [4.69, 9.17) is 47.6 Å². The Kier molecular flexibility index (Phi) is 10.2. The topological polar surface area (TPSA) is 151 Å². The van der Waals surface area contributed by atoms with Crippen LogP contribution in [0.2, 0.25) is 10.0 Å². The molecule has 0 fully saturated rings. The summed E-state index contributed by atoms with van der Waals surface area (Å²) in [5.74, 6) is 0.436. The van der Waals surface area contributed by atoms with Crippen molar-refractivity contribution in [2.24, 2.45) is 10.8 Å². The highest BCUT2D eigenvalue weighted by Gasteiger charge is 2.12. The minimum atomic E-state index is -0.600. The molecule has 0 aliphatic rings. The lowest BCUT2D eigenvalue weighted by Gasteiger charge is -2.11. The van der Waals surface area contributed by atoms with E-state index in [1.165, 1.54) is 6.21 Å². The van der Waals surface area contributed by atoms with E-state index in [2.05, 4.69) is 20.7 Å². The molecule has 36 heavy (non-hydrogen) atoms. The van der Waals surface area contributed by atoms with E-state index in [0.29, 0.717) is 39.5 Å². The van der Waals surface area contributed by atoms with Gasteiger partial charge in [-0.2, -0.15) is 5.10 Å². The molecule has 0 aliphatic carbocycles. The molecule has 11 nitrogen and oxygen atoms in total. The largest absolute Gasteiger partial charge is 0.490 e. The molecule has 0 unspecified atom stereocenters. The summed E-state index contributed by atoms with van der Waals surface area (Å²) in [6.45, 7) is 1.93. The van der Waals surface area contributed by atoms with Crippen molar-refractivity contribution in [3.8, 4) is 17.2 Å². The Labute approximate surface area is 220 Å². The zero-order valence-corrected chi connectivity index (χ0v) is 21.2. The summed E-state index contributed by atoms with van der Waals surface area (Å²) in [5, 5.41) is 12.7. The van der Waals surface area contributed by atoms with E-state index in [9.17, 15) is 9.59 Å². The molecule has 3 aromatic rings. The molecule has 14 heteroatoms. The number of ether oxygens (including phenoxy) is 3. The van der Waals surface area contributed by atoms with Gasteiger partial charge in [-0.3, -0.25) is 9.59 Å². The van der Waals surface area contributed by atoms with Gasteiger partial charge in [0.15, 0.2) is 24.7 Å². The van der Waals surface area contributed by atoms with Crippen LogP contribution < -0.4 is 25.4 Å². The van der Waals surface area contributed by atoms with Crippen molar-refractivity contribution in [1.29, 1.82) is 0 Å². The second-order valence-electron chi connectivity index (χ2n) is 6.80. The Morgan fingerprint density at radius 3 is 2.67 bits per heavy atom. The highest BCUT2D eigenvalue weighted by molar-refractivity contribution is 7.99. The number of rotatable bonds is 13. The third kappa shape index (κ3) is 8.63. The molecule has 0 radical (unpaired) electrons. The van der Waals surface area contributed by atoms with Gasteiger partial charge in [-0.05, 0) is 48.9 Å². The Hall–Kier alpha value is -3.48. The predicted molar refractivity (Wildman–Crippen MR) is 134 cm³/mol. The fourth-order valence-electron chi connectivity index (χ4n) is 2.57. The minimum absolute atomic E-state index is 0.00148. The van der Waals surface area contributed by atoms with Gasteiger partial charge in [0, 0.05) is 5.02 Å². The molecule has 1 aromatic heterocycles. The van der Waals surface area contributed by atoms with Crippen molar-refractivity contribution in [3.63, 3.8) is 0 Å². The first kappa shape index (κ1) is 27.1. The molecule has 0 atom stereocenters. The fourth-order valence-corrected chi connectivity index (χ4v) is 3.60. The Morgan fingerprint density at radius 2 is 1.92 bits per heavy atom. The smallest absolute Gasteiger partial charge is 0.277 e. The van der Waals surface area contributed by atoms with E-state index in [0.717, 1.165) is 11.8 Å². The molecule has 2 aromatic carbocycles. The van der Waals surface area contributed by atoms with Gasteiger partial charge in [0.05, 0.1) is 23.6 Å². The van der Waals surface area contributed by atoms with Crippen molar-refractivity contribution >= 4 is 53.0 Å². The summed E-state index contributed by atoms with van der Waals surface area (Å²) in [5.41, 5.74) is 8.15. The molecule has 3 N–H and O–H groups in total. The van der Waals surface area contributed by atoms with E-state index in [1.807, 2.05) is 6.92 Å². The third-order valence-electron chi connectivity index (χ3n) is 4.06. The number of nitrogens with one attached hydrogen (secondary N) is 1. The van der Waals surface area contributed by atoms with Crippen LogP contribution in [0.25, 0.3) is 0 Å². The van der Waals surface area contributed by atoms with Crippen molar-refractivity contribution in [2.75, 3.05) is 19.0 Å². The molecule has 0 spiro atoms. The van der Waals surface area contributed by atoms with Gasteiger partial charge in [0.25, 0.3) is 22.9 Å². The number of carbonyl (C=O) groups excluding carboxylic acids is 2. The number of nitrogens with two attached hydrogens (primary N) is 1. The first-order valence-electron chi connectivity index (χ1n) is 10.4. The number of halogens is 2. The third-order valence-corrected chi connectivity index (χ3v) is 5.41. The van der Waals surface area contributed by atoms with Gasteiger partial charge in [0.1, 0.15) is 5.75 Å². The predicted octanol–water partition coefficient (Wildman–Crippen LogP) is 3.46. The SMILES string of the molecule is CCOc1cc(/C=N\NC(=O)CSc2nnc(COc3ccc(Cl)cc3Cl)o2)ccc1OCC(N)=O. The molecule has 0 saturated carbocycles. The maximum absolute atomic E-state index is 12.1. The van der Waals surface area contributed by atoms with Crippen LogP contribution in [0.3, 0.4) is 0 Å². The van der Waals surface area contributed by atoms with E-state index < -0.39 is 5.91 Å². The molecule has 190 valence electrons. The van der Waals surface area contributed by atoms with Crippen LogP contribution in [0.5, 0.6) is 17.2 Å². The number of thioether (sulfide) groups is 1. The summed E-state index contributed by atoms with van der Waals surface area (Å²) < 4.78 is 21.8. The molecule has 0 aliphatic heterocycles. The van der Waals surface area contributed by atoms with Crippen LogP contribution in [-0.2, 0) is 16.2 Å². The van der Waals surface area contributed by atoms with Crippen LogP contribution in [0, 0.1) is 0 Å². The van der Waals surface area contributed by atoms with Crippen LogP contribution >= 0.6 is 35.0 Å². The number of aromatic nitrogens is 2. The first-order valence-corrected chi connectivity index (χ1v) is 12.1. The van der Waals surface area contributed by atoms with Gasteiger partial charge in [-0.25, -0.2) is 5.43 Å². The molecule has 2 amide bonds. The summed E-state index contributed by atoms with van der Waals surface area (Å²) in [7, 11) is 0. The average molecular weight is 554 g/mol. The summed E-state index contributed by atoms with van der Waals surface area (Å²) in [6.07, 6.45) is 1.44. The van der Waals surface area contributed by atoms with Crippen LogP contribution in [0.15, 0.2) is 51.1 Å². The number of benzene rings is 2. The number of hydrogen-bond acceptors (Lipinski definition) is 10. The number of primary amides is 1. The zero-order chi connectivity index (χ0) is 25.9. The van der Waals surface area contributed by atoms with E-state index in [1.54, 1.807) is 36.4 Å². The quantitative estimate of drug-likeness (QED) is 0.184. The second kappa shape index (κ2) is 13.6. The number of nitrogens with zero attached hydrogens (tertiary/aromatic N) is 3. The van der Waals surface area contributed by atoms with Crippen LogP contribution in [-0.4, -0.2) is 47.2 Å². The Morgan fingerprint density at radius 1 is 1.11 bits per heavy atom. The van der Waals surface area contributed by atoms with E-state index in [-0.39, 0.29) is 36.0 Å². The second-order valence-corrected chi connectivity index (χ2v) is 8.57. The van der Waals surface area contributed by atoms with Gasteiger partial charge in [-0.1, -0.05) is 35.0 Å². The fraction of sp³-hybridized carbons (Fsp3) is 0.227. The van der Waals surface area contributed by atoms with Crippen molar-refractivity contribution in [1.82, 2.24) is 15.6 Å². The molecule has 0 saturated heterocycles. The normalized spacial score (nSPS) is 10.9. The molecule has 1 heterocycles. The van der Waals surface area contributed by atoms with Crippen molar-refractivity contribution < 1.29 is 28.2 Å². The van der Waals surface area contributed by atoms with E-state index >= 15 is 0 Å². The van der Waals surface area contributed by atoms with Crippen molar-refractivity contribution in [2.45, 2.75) is 18.8 Å². The van der Waals surface area contributed by atoms with Gasteiger partial charge in [0.2, 0.25) is 0 Å². The lowest BCUT2D eigenvalue weighted by atomic mass is 10.2. The minimum Gasteiger partial charge on any atom is -0.490 e. The maximum atomic E-state index is 12.1. The first-order chi connectivity index (χ1) is 17.3. The molecule has 0 bridgehead atoms. The molecular weight excluding hydrogens is 533 g/mol. The Balaban J connectivity index is 1.45. The summed E-state index contributed by atoms with van der Waals surface area (Å²) in [4.78, 5) is 23.0. The summed E-state index contributed by atoms with van der Waals surface area (Å²) in [6, 6.07) is 9.79. The number of carbonyl (C=O) groups is 2.